The van der Waals surface area contributed by atoms with Crippen LogP contribution in [0.15, 0.2) is 18.2 Å². The van der Waals surface area contributed by atoms with Crippen molar-refractivity contribution in [2.24, 2.45) is 0 Å². The van der Waals surface area contributed by atoms with E-state index in [-0.39, 0.29) is 0 Å². The molecule has 0 saturated carbocycles. The van der Waals surface area contributed by atoms with Gasteiger partial charge in [0.05, 0.1) is 19.3 Å². The fourth-order valence-corrected chi connectivity index (χ4v) is 1.75. The molecule has 1 aromatic rings. The summed E-state index contributed by atoms with van der Waals surface area (Å²) < 4.78 is 10.3. The maximum atomic E-state index is 8.93. The monoisotopic (exact) mass is 248 g/mol. The first-order valence-electron chi connectivity index (χ1n) is 6.03. The average molecular weight is 248 g/mol. The Labute approximate surface area is 109 Å². The second-order valence-corrected chi connectivity index (χ2v) is 4.01. The summed E-state index contributed by atoms with van der Waals surface area (Å²) in [6.45, 7) is 5.54. The lowest BCUT2D eigenvalue weighted by Crippen LogP contribution is -2.26. The van der Waals surface area contributed by atoms with Crippen molar-refractivity contribution in [1.82, 2.24) is 4.90 Å². The third-order valence-electron chi connectivity index (χ3n) is 2.85. The SMILES string of the molecule is CCN(CCOC)Cc1ccc(C#N)c(OC)c1. The minimum absolute atomic E-state index is 0.571. The molecule has 98 valence electrons. The van der Waals surface area contributed by atoms with Gasteiger partial charge < -0.3 is 9.47 Å². The van der Waals surface area contributed by atoms with E-state index in [1.807, 2.05) is 12.1 Å². The van der Waals surface area contributed by atoms with E-state index in [0.29, 0.717) is 11.3 Å². The molecule has 0 amide bonds. The minimum atomic E-state index is 0.571. The molecule has 0 N–H and O–H groups in total. The van der Waals surface area contributed by atoms with Crippen LogP contribution >= 0.6 is 0 Å². The van der Waals surface area contributed by atoms with Gasteiger partial charge in [-0.05, 0) is 24.2 Å². The highest BCUT2D eigenvalue weighted by Crippen LogP contribution is 2.20. The Kier molecular flexibility index (Phi) is 6.20. The number of nitriles is 1. The molecule has 4 heteroatoms. The van der Waals surface area contributed by atoms with Crippen LogP contribution in [0, 0.1) is 11.3 Å². The minimum Gasteiger partial charge on any atom is -0.495 e. The standard InChI is InChI=1S/C14H20N2O2/c1-4-16(7-8-17-2)11-12-5-6-13(10-15)14(9-12)18-3/h5-6,9H,4,7-8,11H2,1-3H3. The molecular weight excluding hydrogens is 228 g/mol. The summed E-state index contributed by atoms with van der Waals surface area (Å²) in [5.41, 5.74) is 1.71. The Bertz CT molecular complexity index is 413. The molecule has 4 nitrogen and oxygen atoms in total. The van der Waals surface area contributed by atoms with Crippen molar-refractivity contribution < 1.29 is 9.47 Å². The molecule has 0 aliphatic heterocycles. The fraction of sp³-hybridized carbons (Fsp3) is 0.500. The molecule has 0 aromatic heterocycles. The van der Waals surface area contributed by atoms with Gasteiger partial charge in [-0.1, -0.05) is 13.0 Å². The van der Waals surface area contributed by atoms with Crippen LogP contribution < -0.4 is 4.74 Å². The number of rotatable bonds is 7. The van der Waals surface area contributed by atoms with Crippen LogP contribution in [0.4, 0.5) is 0 Å². The van der Waals surface area contributed by atoms with E-state index in [1.54, 1.807) is 20.3 Å². The van der Waals surface area contributed by atoms with Gasteiger partial charge in [0.1, 0.15) is 11.8 Å². The Morgan fingerprint density at radius 1 is 1.33 bits per heavy atom. The van der Waals surface area contributed by atoms with E-state index in [1.165, 1.54) is 0 Å². The normalized spacial score (nSPS) is 10.4. The first-order chi connectivity index (χ1) is 8.74. The molecule has 0 heterocycles. The largest absolute Gasteiger partial charge is 0.495 e. The van der Waals surface area contributed by atoms with Crippen molar-refractivity contribution in [1.29, 1.82) is 5.26 Å². The predicted molar refractivity (Wildman–Crippen MR) is 70.5 cm³/mol. The van der Waals surface area contributed by atoms with Crippen molar-refractivity contribution in [3.63, 3.8) is 0 Å². The van der Waals surface area contributed by atoms with Gasteiger partial charge in [-0.15, -0.1) is 0 Å². The second kappa shape index (κ2) is 7.70. The maximum absolute atomic E-state index is 8.93. The van der Waals surface area contributed by atoms with Gasteiger partial charge in [-0.3, -0.25) is 4.90 Å². The molecule has 0 spiro atoms. The summed E-state index contributed by atoms with van der Waals surface area (Å²) in [6, 6.07) is 7.81. The van der Waals surface area contributed by atoms with Crippen LogP contribution in [0.3, 0.4) is 0 Å². The maximum Gasteiger partial charge on any atom is 0.136 e. The van der Waals surface area contributed by atoms with Crippen molar-refractivity contribution >= 4 is 0 Å². The van der Waals surface area contributed by atoms with Crippen LogP contribution in [0.5, 0.6) is 5.75 Å². The summed E-state index contributed by atoms with van der Waals surface area (Å²) in [5, 5.41) is 8.93. The van der Waals surface area contributed by atoms with Crippen molar-refractivity contribution in [3.05, 3.63) is 29.3 Å². The lowest BCUT2D eigenvalue weighted by molar-refractivity contribution is 0.147. The molecule has 1 aromatic carbocycles. The average Bonchev–Trinajstić information content (AvgIpc) is 2.43. The van der Waals surface area contributed by atoms with Crippen molar-refractivity contribution in [3.8, 4) is 11.8 Å². The molecule has 0 fully saturated rings. The van der Waals surface area contributed by atoms with Gasteiger partial charge in [0.15, 0.2) is 0 Å². The highest BCUT2D eigenvalue weighted by molar-refractivity contribution is 5.45. The third kappa shape index (κ3) is 4.02. The van der Waals surface area contributed by atoms with Gasteiger partial charge in [0.25, 0.3) is 0 Å². The van der Waals surface area contributed by atoms with E-state index in [4.69, 9.17) is 14.7 Å². The predicted octanol–water partition coefficient (Wildman–Crippen LogP) is 2.04. The summed E-state index contributed by atoms with van der Waals surface area (Å²) in [4.78, 5) is 2.28. The fourth-order valence-electron chi connectivity index (χ4n) is 1.75. The number of likely N-dealkylation sites (N-methyl/N-ethyl adjacent to an activating group) is 1. The Morgan fingerprint density at radius 3 is 2.67 bits per heavy atom. The van der Waals surface area contributed by atoms with Crippen LogP contribution in [0.2, 0.25) is 0 Å². The van der Waals surface area contributed by atoms with Crippen molar-refractivity contribution in [2.75, 3.05) is 33.9 Å². The van der Waals surface area contributed by atoms with Crippen LogP contribution in [0.25, 0.3) is 0 Å². The summed E-state index contributed by atoms with van der Waals surface area (Å²) in [7, 11) is 3.29. The molecule has 0 bridgehead atoms. The summed E-state index contributed by atoms with van der Waals surface area (Å²) in [6.07, 6.45) is 0. The van der Waals surface area contributed by atoms with Crippen LogP contribution in [-0.4, -0.2) is 38.8 Å². The van der Waals surface area contributed by atoms with Gasteiger partial charge in [-0.25, -0.2) is 0 Å². The van der Waals surface area contributed by atoms with E-state index < -0.39 is 0 Å². The summed E-state index contributed by atoms with van der Waals surface area (Å²) >= 11 is 0. The van der Waals surface area contributed by atoms with Gasteiger partial charge >= 0.3 is 0 Å². The molecular formula is C14H20N2O2. The lowest BCUT2D eigenvalue weighted by Gasteiger charge is -2.20. The topological polar surface area (TPSA) is 45.5 Å². The van der Waals surface area contributed by atoms with E-state index in [9.17, 15) is 0 Å². The Morgan fingerprint density at radius 2 is 2.11 bits per heavy atom. The molecule has 0 radical (unpaired) electrons. The second-order valence-electron chi connectivity index (χ2n) is 4.01. The molecule has 0 aliphatic rings. The Hall–Kier alpha value is -1.57. The Balaban J connectivity index is 2.74. The highest BCUT2D eigenvalue weighted by atomic mass is 16.5. The van der Waals surface area contributed by atoms with Gasteiger partial charge in [0.2, 0.25) is 0 Å². The number of methoxy groups -OCH3 is 2. The van der Waals surface area contributed by atoms with E-state index in [0.717, 1.165) is 31.8 Å². The first kappa shape index (κ1) is 14.5. The molecule has 1 rings (SSSR count). The first-order valence-corrected chi connectivity index (χ1v) is 6.03. The third-order valence-corrected chi connectivity index (χ3v) is 2.85. The zero-order valence-corrected chi connectivity index (χ0v) is 11.3. The number of nitrogens with zero attached hydrogens (tertiary/aromatic N) is 2. The smallest absolute Gasteiger partial charge is 0.136 e. The molecule has 0 unspecified atom stereocenters. The zero-order chi connectivity index (χ0) is 13.4. The molecule has 0 aliphatic carbocycles. The van der Waals surface area contributed by atoms with Gasteiger partial charge in [0, 0.05) is 20.2 Å². The summed E-state index contributed by atoms with van der Waals surface area (Å²) in [5.74, 6) is 0.637. The lowest BCUT2D eigenvalue weighted by atomic mass is 10.1. The van der Waals surface area contributed by atoms with Crippen molar-refractivity contribution in [2.45, 2.75) is 13.5 Å². The van der Waals surface area contributed by atoms with Crippen LogP contribution in [0.1, 0.15) is 18.1 Å². The molecule has 0 atom stereocenters. The number of benzene rings is 1. The highest BCUT2D eigenvalue weighted by Gasteiger charge is 2.07. The van der Waals surface area contributed by atoms with E-state index in [2.05, 4.69) is 17.9 Å². The molecule has 0 saturated heterocycles. The quantitative estimate of drug-likeness (QED) is 0.740. The zero-order valence-electron chi connectivity index (χ0n) is 11.3. The van der Waals surface area contributed by atoms with Gasteiger partial charge in [-0.2, -0.15) is 5.26 Å². The van der Waals surface area contributed by atoms with E-state index >= 15 is 0 Å². The van der Waals surface area contributed by atoms with Crippen LogP contribution in [-0.2, 0) is 11.3 Å². The number of hydrogen-bond donors (Lipinski definition) is 0. The number of ether oxygens (including phenoxy) is 2. The number of hydrogen-bond acceptors (Lipinski definition) is 4. The molecule has 18 heavy (non-hydrogen) atoms.